The summed E-state index contributed by atoms with van der Waals surface area (Å²) in [6.07, 6.45) is -1.76. The molecule has 0 aromatic heterocycles. The lowest BCUT2D eigenvalue weighted by atomic mass is 10.1. The summed E-state index contributed by atoms with van der Waals surface area (Å²) in [5.74, 6) is -0.278. The molecule has 108 valence electrons. The van der Waals surface area contributed by atoms with E-state index in [2.05, 4.69) is 15.9 Å². The van der Waals surface area contributed by atoms with E-state index in [1.165, 1.54) is 24.3 Å². The highest BCUT2D eigenvalue weighted by Crippen LogP contribution is 2.29. The highest BCUT2D eigenvalue weighted by atomic mass is 79.9. The first kappa shape index (κ1) is 15.5. The first-order chi connectivity index (χ1) is 9.88. The predicted molar refractivity (Wildman–Crippen MR) is 79.0 cm³/mol. The van der Waals surface area contributed by atoms with E-state index in [1.54, 1.807) is 24.3 Å². The fourth-order valence-electron chi connectivity index (χ4n) is 1.74. The second-order valence-electron chi connectivity index (χ2n) is 4.30. The molecule has 0 aliphatic rings. The Morgan fingerprint density at radius 2 is 1.76 bits per heavy atom. The maximum absolute atomic E-state index is 12.6. The number of hydrogen-bond donors (Lipinski definition) is 0. The molecule has 0 heterocycles. The van der Waals surface area contributed by atoms with Gasteiger partial charge < -0.3 is 0 Å². The fraction of sp³-hybridized carbons (Fsp3) is 0.0625. The summed E-state index contributed by atoms with van der Waals surface area (Å²) in [6.45, 7) is 0. The lowest BCUT2D eigenvalue weighted by molar-refractivity contribution is -0.137. The van der Waals surface area contributed by atoms with Gasteiger partial charge in [-0.1, -0.05) is 46.3 Å². The first-order valence-electron chi connectivity index (χ1n) is 6.02. The van der Waals surface area contributed by atoms with E-state index in [1.807, 2.05) is 0 Å². The molecule has 0 spiro atoms. The second kappa shape index (κ2) is 6.26. The van der Waals surface area contributed by atoms with Gasteiger partial charge in [-0.2, -0.15) is 13.2 Å². The van der Waals surface area contributed by atoms with Crippen molar-refractivity contribution in [3.8, 4) is 0 Å². The maximum atomic E-state index is 12.6. The molecule has 5 heteroatoms. The Hall–Kier alpha value is -1.88. The molecule has 0 radical (unpaired) electrons. The van der Waals surface area contributed by atoms with Crippen molar-refractivity contribution in [3.63, 3.8) is 0 Å². The topological polar surface area (TPSA) is 17.1 Å². The fourth-order valence-corrected chi connectivity index (χ4v) is 2.22. The third-order valence-corrected chi connectivity index (χ3v) is 3.47. The van der Waals surface area contributed by atoms with Crippen molar-refractivity contribution >= 4 is 27.8 Å². The molecule has 0 amide bonds. The molecule has 0 saturated heterocycles. The van der Waals surface area contributed by atoms with Gasteiger partial charge in [0.2, 0.25) is 0 Å². The van der Waals surface area contributed by atoms with Crippen LogP contribution in [0, 0.1) is 0 Å². The minimum absolute atomic E-state index is 0.278. The van der Waals surface area contributed by atoms with Gasteiger partial charge in [-0.25, -0.2) is 0 Å². The number of rotatable bonds is 3. The Kier molecular flexibility index (Phi) is 4.63. The van der Waals surface area contributed by atoms with Crippen LogP contribution in [0.1, 0.15) is 21.5 Å². The monoisotopic (exact) mass is 354 g/mol. The second-order valence-corrected chi connectivity index (χ2v) is 5.15. The highest BCUT2D eigenvalue weighted by Gasteiger charge is 2.30. The van der Waals surface area contributed by atoms with E-state index in [9.17, 15) is 18.0 Å². The van der Waals surface area contributed by atoms with Crippen molar-refractivity contribution in [2.75, 3.05) is 0 Å². The number of ketones is 1. The smallest absolute Gasteiger partial charge is 0.289 e. The van der Waals surface area contributed by atoms with Crippen molar-refractivity contribution < 1.29 is 18.0 Å². The molecule has 0 aliphatic carbocycles. The zero-order chi connectivity index (χ0) is 15.5. The standard InChI is InChI=1S/C16H10BrF3O/c17-14-7-2-1-6-13(14)15(21)9-8-11-4-3-5-12(10-11)16(18,19)20/h1-10H. The van der Waals surface area contributed by atoms with Crippen LogP contribution in [0.15, 0.2) is 59.1 Å². The summed E-state index contributed by atoms with van der Waals surface area (Å²) >= 11 is 3.26. The van der Waals surface area contributed by atoms with Crippen LogP contribution in [0.4, 0.5) is 13.2 Å². The molecule has 21 heavy (non-hydrogen) atoms. The van der Waals surface area contributed by atoms with Gasteiger partial charge >= 0.3 is 6.18 Å². The summed E-state index contributed by atoms with van der Waals surface area (Å²) in [5.41, 5.74) is 0.0453. The summed E-state index contributed by atoms with van der Waals surface area (Å²) < 4.78 is 38.4. The third kappa shape index (κ3) is 4.04. The van der Waals surface area contributed by atoms with E-state index < -0.39 is 11.7 Å². The average Bonchev–Trinajstić information content (AvgIpc) is 2.45. The first-order valence-corrected chi connectivity index (χ1v) is 6.81. The van der Waals surface area contributed by atoms with E-state index in [-0.39, 0.29) is 5.78 Å². The molecule has 2 aromatic carbocycles. The van der Waals surface area contributed by atoms with Crippen LogP contribution in [0.3, 0.4) is 0 Å². The molecule has 0 saturated carbocycles. The van der Waals surface area contributed by atoms with Crippen LogP contribution in [0.2, 0.25) is 0 Å². The number of carbonyl (C=O) groups excluding carboxylic acids is 1. The molecule has 0 atom stereocenters. The van der Waals surface area contributed by atoms with Crippen LogP contribution in [0.5, 0.6) is 0 Å². The molecule has 0 N–H and O–H groups in total. The van der Waals surface area contributed by atoms with Gasteiger partial charge in [0.05, 0.1) is 5.56 Å². The lowest BCUT2D eigenvalue weighted by Crippen LogP contribution is -2.04. The van der Waals surface area contributed by atoms with Crippen molar-refractivity contribution in [2.45, 2.75) is 6.18 Å². The Bertz CT molecular complexity index is 690. The molecule has 0 unspecified atom stereocenters. The molecule has 2 rings (SSSR count). The van der Waals surface area contributed by atoms with Crippen LogP contribution < -0.4 is 0 Å². The quantitative estimate of drug-likeness (QED) is 0.535. The zero-order valence-electron chi connectivity index (χ0n) is 10.7. The molecule has 0 bridgehead atoms. The van der Waals surface area contributed by atoms with E-state index in [4.69, 9.17) is 0 Å². The van der Waals surface area contributed by atoms with Crippen molar-refractivity contribution in [3.05, 3.63) is 75.8 Å². The van der Waals surface area contributed by atoms with Gasteiger partial charge in [0.25, 0.3) is 0 Å². The van der Waals surface area contributed by atoms with Crippen LogP contribution in [0.25, 0.3) is 6.08 Å². The van der Waals surface area contributed by atoms with Gasteiger partial charge in [-0.3, -0.25) is 4.79 Å². The largest absolute Gasteiger partial charge is 0.416 e. The molecule has 2 aromatic rings. The average molecular weight is 355 g/mol. The molecular weight excluding hydrogens is 345 g/mol. The molecule has 1 nitrogen and oxygen atoms in total. The summed E-state index contributed by atoms with van der Waals surface area (Å²) in [7, 11) is 0. The van der Waals surface area contributed by atoms with E-state index >= 15 is 0 Å². The Labute approximate surface area is 128 Å². The van der Waals surface area contributed by atoms with Crippen LogP contribution in [-0.4, -0.2) is 5.78 Å². The number of hydrogen-bond acceptors (Lipinski definition) is 1. The minimum atomic E-state index is -4.39. The van der Waals surface area contributed by atoms with Crippen LogP contribution >= 0.6 is 15.9 Å². The lowest BCUT2D eigenvalue weighted by Gasteiger charge is -2.06. The SMILES string of the molecule is O=C(C=Cc1cccc(C(F)(F)F)c1)c1ccccc1Br. The number of halogens is 4. The highest BCUT2D eigenvalue weighted by molar-refractivity contribution is 9.10. The number of alkyl halides is 3. The van der Waals surface area contributed by atoms with Gasteiger partial charge in [0.15, 0.2) is 5.78 Å². The number of benzene rings is 2. The van der Waals surface area contributed by atoms with Crippen molar-refractivity contribution in [2.24, 2.45) is 0 Å². The number of carbonyl (C=O) groups is 1. The van der Waals surface area contributed by atoms with E-state index in [0.717, 1.165) is 12.1 Å². The Morgan fingerprint density at radius 1 is 1.05 bits per heavy atom. The Morgan fingerprint density at radius 3 is 2.43 bits per heavy atom. The number of allylic oxidation sites excluding steroid dienone is 1. The third-order valence-electron chi connectivity index (χ3n) is 2.78. The van der Waals surface area contributed by atoms with Gasteiger partial charge in [0, 0.05) is 10.0 Å². The summed E-state index contributed by atoms with van der Waals surface area (Å²) in [4.78, 5) is 12.0. The molecule has 0 fully saturated rings. The summed E-state index contributed by atoms with van der Waals surface area (Å²) in [6, 6.07) is 11.7. The van der Waals surface area contributed by atoms with Gasteiger partial charge in [0.1, 0.15) is 0 Å². The summed E-state index contributed by atoms with van der Waals surface area (Å²) in [5, 5.41) is 0. The maximum Gasteiger partial charge on any atom is 0.416 e. The molecule has 0 aliphatic heterocycles. The zero-order valence-corrected chi connectivity index (χ0v) is 12.3. The van der Waals surface area contributed by atoms with Gasteiger partial charge in [-0.05, 0) is 35.9 Å². The Balaban J connectivity index is 2.22. The molecular formula is C16H10BrF3O. The van der Waals surface area contributed by atoms with Crippen LogP contribution in [-0.2, 0) is 6.18 Å². The van der Waals surface area contributed by atoms with Crippen molar-refractivity contribution in [1.82, 2.24) is 0 Å². The van der Waals surface area contributed by atoms with Crippen molar-refractivity contribution in [1.29, 1.82) is 0 Å². The normalized spacial score (nSPS) is 11.8. The van der Waals surface area contributed by atoms with Gasteiger partial charge in [-0.15, -0.1) is 0 Å². The predicted octanol–water partition coefficient (Wildman–Crippen LogP) is 5.36. The van der Waals surface area contributed by atoms with E-state index in [0.29, 0.717) is 15.6 Å². The minimum Gasteiger partial charge on any atom is -0.289 e.